The van der Waals surface area contributed by atoms with E-state index >= 15 is 0 Å². The predicted octanol–water partition coefficient (Wildman–Crippen LogP) is 3.93. The highest BCUT2D eigenvalue weighted by Crippen LogP contribution is 2.33. The molecule has 0 aliphatic heterocycles. The van der Waals surface area contributed by atoms with Gasteiger partial charge in [0.05, 0.1) is 5.03 Å². The van der Waals surface area contributed by atoms with Crippen LogP contribution in [0.1, 0.15) is 24.0 Å². The normalized spacial score (nSPS) is 15.9. The van der Waals surface area contributed by atoms with Crippen LogP contribution >= 0.6 is 27.5 Å². The molecule has 0 radical (unpaired) electrons. The second kappa shape index (κ2) is 4.50. The molecule has 0 saturated carbocycles. The molecule has 1 aromatic carbocycles. The fraction of sp³-hybridized carbons (Fsp3) is 0.250. The van der Waals surface area contributed by atoms with Crippen LogP contribution in [0, 0.1) is 0 Å². The van der Waals surface area contributed by atoms with E-state index in [-0.39, 0.29) is 0 Å². The molecule has 15 heavy (non-hydrogen) atoms. The van der Waals surface area contributed by atoms with E-state index in [2.05, 4.69) is 22.0 Å². The number of fused-ring (bicyclic) bond motifs is 1. The molecular weight excluding hydrogens is 275 g/mol. The fourth-order valence-corrected chi connectivity index (χ4v) is 2.51. The van der Waals surface area contributed by atoms with Crippen molar-refractivity contribution in [2.45, 2.75) is 19.3 Å². The van der Waals surface area contributed by atoms with Crippen LogP contribution in [0.4, 0.5) is 0 Å². The van der Waals surface area contributed by atoms with Crippen molar-refractivity contribution in [3.8, 4) is 0 Å². The second-order valence-corrected chi connectivity index (χ2v) is 4.91. The Morgan fingerprint density at radius 2 is 2.13 bits per heavy atom. The lowest BCUT2D eigenvalue weighted by molar-refractivity contribution is -0.105. The Hall–Kier alpha value is -0.600. The predicted molar refractivity (Wildman–Crippen MR) is 65.9 cm³/mol. The molecule has 0 bridgehead atoms. The largest absolute Gasteiger partial charge is 0.298 e. The van der Waals surface area contributed by atoms with Crippen LogP contribution in [-0.4, -0.2) is 6.29 Å². The van der Waals surface area contributed by atoms with Gasteiger partial charge in [-0.05, 0) is 42.5 Å². The molecule has 0 atom stereocenters. The van der Waals surface area contributed by atoms with Gasteiger partial charge in [-0.15, -0.1) is 0 Å². The zero-order valence-electron chi connectivity index (χ0n) is 8.09. The number of carbonyl (C=O) groups excluding carboxylic acids is 1. The van der Waals surface area contributed by atoms with Crippen LogP contribution in [0.3, 0.4) is 0 Å². The Bertz CT molecular complexity index is 437. The molecule has 1 aromatic rings. The van der Waals surface area contributed by atoms with Crippen LogP contribution in [-0.2, 0) is 11.2 Å². The quantitative estimate of drug-likeness (QED) is 0.714. The number of allylic oxidation sites excluding steroid dienone is 1. The van der Waals surface area contributed by atoms with Crippen molar-refractivity contribution >= 4 is 38.8 Å². The van der Waals surface area contributed by atoms with Gasteiger partial charge in [0.1, 0.15) is 6.29 Å². The maximum Gasteiger partial charge on any atom is 0.147 e. The minimum atomic E-state index is 0.610. The van der Waals surface area contributed by atoms with E-state index < -0.39 is 0 Å². The van der Waals surface area contributed by atoms with Crippen molar-refractivity contribution < 1.29 is 4.79 Å². The molecule has 0 heterocycles. The first kappa shape index (κ1) is 10.9. The van der Waals surface area contributed by atoms with Gasteiger partial charge in [0.15, 0.2) is 0 Å². The summed E-state index contributed by atoms with van der Waals surface area (Å²) in [7, 11) is 0. The van der Waals surface area contributed by atoms with Gasteiger partial charge in [-0.3, -0.25) is 4.79 Å². The average Bonchev–Trinajstić information content (AvgIpc) is 2.39. The third-order valence-electron chi connectivity index (χ3n) is 2.62. The Balaban J connectivity index is 2.60. The SMILES string of the molecule is O=CC1=C(Cl)c2cc(Br)ccc2CCC1. The van der Waals surface area contributed by atoms with Gasteiger partial charge >= 0.3 is 0 Å². The maximum atomic E-state index is 10.9. The van der Waals surface area contributed by atoms with Crippen molar-refractivity contribution in [3.05, 3.63) is 39.4 Å². The monoisotopic (exact) mass is 284 g/mol. The Labute approximate surface area is 102 Å². The van der Waals surface area contributed by atoms with E-state index in [4.69, 9.17) is 11.6 Å². The minimum absolute atomic E-state index is 0.610. The van der Waals surface area contributed by atoms with Crippen LogP contribution in [0.5, 0.6) is 0 Å². The van der Waals surface area contributed by atoms with Crippen LogP contribution in [0.2, 0.25) is 0 Å². The van der Waals surface area contributed by atoms with Crippen molar-refractivity contribution in [2.75, 3.05) is 0 Å². The van der Waals surface area contributed by atoms with Crippen LogP contribution in [0.15, 0.2) is 28.2 Å². The van der Waals surface area contributed by atoms with Crippen molar-refractivity contribution in [2.24, 2.45) is 0 Å². The first-order valence-electron chi connectivity index (χ1n) is 4.85. The first-order valence-corrected chi connectivity index (χ1v) is 6.02. The third-order valence-corrected chi connectivity index (χ3v) is 3.56. The van der Waals surface area contributed by atoms with E-state index in [0.717, 1.165) is 35.6 Å². The van der Waals surface area contributed by atoms with Crippen LogP contribution < -0.4 is 0 Å². The summed E-state index contributed by atoms with van der Waals surface area (Å²) in [4.78, 5) is 10.9. The molecule has 1 aliphatic carbocycles. The third kappa shape index (κ3) is 2.16. The summed E-state index contributed by atoms with van der Waals surface area (Å²) in [6.07, 6.45) is 3.61. The molecule has 0 amide bonds. The zero-order valence-corrected chi connectivity index (χ0v) is 10.4. The van der Waals surface area contributed by atoms with E-state index in [0.29, 0.717) is 10.6 Å². The summed E-state index contributed by atoms with van der Waals surface area (Å²) in [5.41, 5.74) is 2.93. The maximum absolute atomic E-state index is 10.9. The fourth-order valence-electron chi connectivity index (χ4n) is 1.83. The highest BCUT2D eigenvalue weighted by Gasteiger charge is 2.15. The number of hydrogen-bond acceptors (Lipinski definition) is 1. The lowest BCUT2D eigenvalue weighted by atomic mass is 10.0. The topological polar surface area (TPSA) is 17.1 Å². The molecule has 0 saturated heterocycles. The number of halogens is 2. The van der Waals surface area contributed by atoms with E-state index in [9.17, 15) is 4.79 Å². The van der Waals surface area contributed by atoms with E-state index in [1.807, 2.05) is 12.1 Å². The number of benzene rings is 1. The summed E-state index contributed by atoms with van der Waals surface area (Å²) in [6, 6.07) is 6.05. The van der Waals surface area contributed by atoms with E-state index in [1.165, 1.54) is 5.56 Å². The zero-order chi connectivity index (χ0) is 10.8. The van der Waals surface area contributed by atoms with Gasteiger partial charge in [0.2, 0.25) is 0 Å². The second-order valence-electron chi connectivity index (χ2n) is 3.61. The van der Waals surface area contributed by atoms with Crippen molar-refractivity contribution in [1.29, 1.82) is 0 Å². The molecule has 78 valence electrons. The molecule has 2 rings (SSSR count). The van der Waals surface area contributed by atoms with Gasteiger partial charge in [0.25, 0.3) is 0 Å². The number of aryl methyl sites for hydroxylation is 1. The van der Waals surface area contributed by atoms with Gasteiger partial charge in [-0.2, -0.15) is 0 Å². The molecule has 0 N–H and O–H groups in total. The first-order chi connectivity index (χ1) is 7.22. The molecule has 0 fully saturated rings. The molecule has 1 aliphatic rings. The molecular formula is C12H10BrClO. The summed E-state index contributed by atoms with van der Waals surface area (Å²) >= 11 is 9.63. The Kier molecular flexibility index (Phi) is 3.27. The van der Waals surface area contributed by atoms with Crippen molar-refractivity contribution in [1.82, 2.24) is 0 Å². The highest BCUT2D eigenvalue weighted by atomic mass is 79.9. The summed E-state index contributed by atoms with van der Waals surface area (Å²) < 4.78 is 0.992. The average molecular weight is 286 g/mol. The smallest absolute Gasteiger partial charge is 0.147 e. The standard InChI is InChI=1S/C12H10BrClO/c13-10-5-4-8-2-1-3-9(7-15)12(14)11(8)6-10/h4-7H,1-3H2. The number of rotatable bonds is 1. The lowest BCUT2D eigenvalue weighted by Crippen LogP contribution is -1.89. The Morgan fingerprint density at radius 1 is 1.33 bits per heavy atom. The van der Waals surface area contributed by atoms with Crippen molar-refractivity contribution in [3.63, 3.8) is 0 Å². The molecule has 0 unspecified atom stereocenters. The summed E-state index contributed by atoms with van der Waals surface area (Å²) in [5.74, 6) is 0. The Morgan fingerprint density at radius 3 is 2.87 bits per heavy atom. The minimum Gasteiger partial charge on any atom is -0.298 e. The summed E-state index contributed by atoms with van der Waals surface area (Å²) in [6.45, 7) is 0. The molecule has 0 spiro atoms. The summed E-state index contributed by atoms with van der Waals surface area (Å²) in [5, 5.41) is 0.610. The van der Waals surface area contributed by atoms with Crippen LogP contribution in [0.25, 0.3) is 5.03 Å². The molecule has 0 aromatic heterocycles. The number of hydrogen-bond donors (Lipinski definition) is 0. The highest BCUT2D eigenvalue weighted by molar-refractivity contribution is 9.10. The lowest BCUT2D eigenvalue weighted by Gasteiger charge is -2.06. The van der Waals surface area contributed by atoms with Gasteiger partial charge in [0, 0.05) is 10.0 Å². The van der Waals surface area contributed by atoms with E-state index in [1.54, 1.807) is 0 Å². The van der Waals surface area contributed by atoms with Gasteiger partial charge in [-0.25, -0.2) is 0 Å². The number of aldehydes is 1. The molecule has 3 heteroatoms. The van der Waals surface area contributed by atoms with Gasteiger partial charge in [-0.1, -0.05) is 33.6 Å². The van der Waals surface area contributed by atoms with Gasteiger partial charge < -0.3 is 0 Å². The number of carbonyl (C=O) groups is 1. The molecule has 1 nitrogen and oxygen atoms in total.